The Morgan fingerprint density at radius 3 is 2.51 bits per heavy atom. The van der Waals surface area contributed by atoms with Crippen LogP contribution in [0.5, 0.6) is 11.6 Å². The van der Waals surface area contributed by atoms with E-state index < -0.39 is 17.2 Å². The van der Waals surface area contributed by atoms with Crippen LogP contribution in [0, 0.1) is 12.7 Å². The molecule has 5 aromatic rings. The first kappa shape index (κ1) is 21.3. The van der Waals surface area contributed by atoms with Gasteiger partial charge in [-0.15, -0.1) is 0 Å². The number of aromatic amines is 2. The molecule has 1 saturated carbocycles. The van der Waals surface area contributed by atoms with E-state index >= 15 is 0 Å². The number of benzene rings is 2. The van der Waals surface area contributed by atoms with Crippen molar-refractivity contribution in [2.24, 2.45) is 0 Å². The summed E-state index contributed by atoms with van der Waals surface area (Å²) < 4.78 is 25.5. The van der Waals surface area contributed by atoms with Crippen LogP contribution in [0.3, 0.4) is 0 Å². The standard InChI is InChI=1S/C26H21FN4O4/c1-14-3-4-16(24-30-25(32)35-31-24)11-21(14)34-22-13-20-19(28-22)12-18(27)23(29-20)15-5-7-17(8-6-15)26(33)9-2-10-26/h3-8,11-13,28,33H,2,9-10H2,1H3,(H,30,31,32). The van der Waals surface area contributed by atoms with Crippen LogP contribution in [0.2, 0.25) is 0 Å². The van der Waals surface area contributed by atoms with Gasteiger partial charge in [-0.25, -0.2) is 14.2 Å². The highest BCUT2D eigenvalue weighted by Gasteiger charge is 2.36. The second kappa shape index (κ2) is 7.92. The fourth-order valence-corrected chi connectivity index (χ4v) is 4.33. The Hall–Kier alpha value is -4.24. The molecule has 0 amide bonds. The molecule has 0 aliphatic heterocycles. The minimum Gasteiger partial charge on any atom is -0.441 e. The fraction of sp³-hybridized carbons (Fsp3) is 0.192. The van der Waals surface area contributed by atoms with Gasteiger partial charge in [0.1, 0.15) is 11.4 Å². The summed E-state index contributed by atoms with van der Waals surface area (Å²) in [4.78, 5) is 21.3. The highest BCUT2D eigenvalue weighted by molar-refractivity contribution is 5.81. The van der Waals surface area contributed by atoms with Gasteiger partial charge in [-0.05, 0) is 43.4 Å². The SMILES string of the molecule is Cc1ccc(-c2noc(=O)[nH]2)cc1Oc1cc2nc(-c3ccc(C4(O)CCC4)cc3)c(F)cc2[nH]1. The summed E-state index contributed by atoms with van der Waals surface area (Å²) in [6.45, 7) is 1.88. The van der Waals surface area contributed by atoms with E-state index in [2.05, 4.69) is 24.6 Å². The Morgan fingerprint density at radius 2 is 1.83 bits per heavy atom. The van der Waals surface area contributed by atoms with Crippen molar-refractivity contribution in [2.45, 2.75) is 31.8 Å². The van der Waals surface area contributed by atoms with E-state index in [9.17, 15) is 14.3 Å². The first-order chi connectivity index (χ1) is 16.9. The molecule has 1 aliphatic rings. The zero-order valence-corrected chi connectivity index (χ0v) is 18.8. The lowest BCUT2D eigenvalue weighted by Crippen LogP contribution is -2.33. The largest absolute Gasteiger partial charge is 0.441 e. The number of aromatic nitrogens is 4. The molecule has 1 fully saturated rings. The number of ether oxygens (including phenoxy) is 1. The molecule has 2 aromatic carbocycles. The molecule has 176 valence electrons. The summed E-state index contributed by atoms with van der Waals surface area (Å²) in [7, 11) is 0. The van der Waals surface area contributed by atoms with Crippen molar-refractivity contribution in [1.29, 1.82) is 0 Å². The summed E-state index contributed by atoms with van der Waals surface area (Å²) >= 11 is 0. The number of nitrogens with zero attached hydrogens (tertiary/aromatic N) is 2. The number of H-pyrrole nitrogens is 2. The maximum atomic E-state index is 14.9. The van der Waals surface area contributed by atoms with Crippen LogP contribution in [0.1, 0.15) is 30.4 Å². The minimum absolute atomic E-state index is 0.225. The van der Waals surface area contributed by atoms with Gasteiger partial charge in [0.05, 0.1) is 16.6 Å². The number of halogens is 1. The molecule has 3 heterocycles. The number of hydrogen-bond acceptors (Lipinski definition) is 6. The van der Waals surface area contributed by atoms with Gasteiger partial charge in [-0.3, -0.25) is 9.51 Å². The smallest absolute Gasteiger partial charge is 0.439 e. The zero-order valence-electron chi connectivity index (χ0n) is 18.8. The summed E-state index contributed by atoms with van der Waals surface area (Å²) in [5, 5.41) is 14.2. The summed E-state index contributed by atoms with van der Waals surface area (Å²) in [5.74, 6) is 0.106. The lowest BCUT2D eigenvalue weighted by molar-refractivity contribution is -0.0387. The monoisotopic (exact) mass is 472 g/mol. The second-order valence-electron chi connectivity index (χ2n) is 8.87. The third kappa shape index (κ3) is 3.79. The predicted octanol–water partition coefficient (Wildman–Crippen LogP) is 5.18. The van der Waals surface area contributed by atoms with E-state index in [0.717, 1.165) is 30.4 Å². The van der Waals surface area contributed by atoms with Gasteiger partial charge in [0.2, 0.25) is 0 Å². The summed E-state index contributed by atoms with van der Waals surface area (Å²) in [6.07, 6.45) is 2.50. The highest BCUT2D eigenvalue weighted by atomic mass is 19.1. The van der Waals surface area contributed by atoms with Gasteiger partial charge in [0, 0.05) is 23.3 Å². The van der Waals surface area contributed by atoms with Gasteiger partial charge >= 0.3 is 5.76 Å². The van der Waals surface area contributed by atoms with Crippen LogP contribution in [0.15, 0.2) is 63.9 Å². The molecule has 1 aliphatic carbocycles. The van der Waals surface area contributed by atoms with Crippen LogP contribution >= 0.6 is 0 Å². The Bertz CT molecular complexity index is 1610. The first-order valence-electron chi connectivity index (χ1n) is 11.3. The maximum absolute atomic E-state index is 14.9. The third-order valence-corrected chi connectivity index (χ3v) is 6.53. The Kier molecular flexibility index (Phi) is 4.82. The van der Waals surface area contributed by atoms with Crippen molar-refractivity contribution in [2.75, 3.05) is 0 Å². The molecule has 3 aromatic heterocycles. The molecule has 0 saturated heterocycles. The molecule has 9 heteroatoms. The van der Waals surface area contributed by atoms with E-state index in [0.29, 0.717) is 39.6 Å². The molecule has 8 nitrogen and oxygen atoms in total. The van der Waals surface area contributed by atoms with Crippen LogP contribution in [-0.4, -0.2) is 25.2 Å². The fourth-order valence-electron chi connectivity index (χ4n) is 4.33. The van der Waals surface area contributed by atoms with E-state index in [1.165, 1.54) is 6.07 Å². The molecule has 0 spiro atoms. The van der Waals surface area contributed by atoms with Gasteiger partial charge in [0.15, 0.2) is 17.5 Å². The average Bonchev–Trinajstić information content (AvgIpc) is 3.43. The maximum Gasteiger partial charge on any atom is 0.439 e. The van der Waals surface area contributed by atoms with E-state index in [1.54, 1.807) is 30.3 Å². The third-order valence-electron chi connectivity index (χ3n) is 6.53. The lowest BCUT2D eigenvalue weighted by atomic mass is 9.75. The molecular formula is C26H21FN4O4. The predicted molar refractivity (Wildman–Crippen MR) is 127 cm³/mol. The van der Waals surface area contributed by atoms with E-state index in [1.807, 2.05) is 25.1 Å². The number of fused-ring (bicyclic) bond motifs is 1. The number of pyridine rings is 1. The van der Waals surface area contributed by atoms with Crippen molar-refractivity contribution in [3.8, 4) is 34.3 Å². The number of rotatable bonds is 5. The summed E-state index contributed by atoms with van der Waals surface area (Å²) in [5.41, 5.74) is 3.45. The molecule has 0 bridgehead atoms. The average molecular weight is 472 g/mol. The first-order valence-corrected chi connectivity index (χ1v) is 11.3. The molecule has 3 N–H and O–H groups in total. The summed E-state index contributed by atoms with van der Waals surface area (Å²) in [6, 6.07) is 15.7. The number of aryl methyl sites for hydroxylation is 1. The minimum atomic E-state index is -0.764. The normalized spacial score (nSPS) is 14.7. The Balaban J connectivity index is 1.30. The molecule has 35 heavy (non-hydrogen) atoms. The molecular weight excluding hydrogens is 451 g/mol. The van der Waals surface area contributed by atoms with Gasteiger partial charge in [-0.2, -0.15) is 0 Å². The van der Waals surface area contributed by atoms with Crippen molar-refractivity contribution in [3.05, 3.63) is 82.1 Å². The van der Waals surface area contributed by atoms with Crippen molar-refractivity contribution in [1.82, 2.24) is 20.1 Å². The lowest BCUT2D eigenvalue weighted by Gasteiger charge is -2.37. The van der Waals surface area contributed by atoms with Crippen molar-refractivity contribution in [3.63, 3.8) is 0 Å². The van der Waals surface area contributed by atoms with Crippen molar-refractivity contribution < 1.29 is 18.8 Å². The Morgan fingerprint density at radius 1 is 1.06 bits per heavy atom. The van der Waals surface area contributed by atoms with Crippen molar-refractivity contribution >= 4 is 11.0 Å². The van der Waals surface area contributed by atoms with Crippen LogP contribution in [0.4, 0.5) is 4.39 Å². The molecule has 0 radical (unpaired) electrons. The van der Waals surface area contributed by atoms with Crippen LogP contribution in [0.25, 0.3) is 33.7 Å². The molecule has 0 unspecified atom stereocenters. The van der Waals surface area contributed by atoms with Gasteiger partial charge in [-0.1, -0.05) is 41.6 Å². The zero-order chi connectivity index (χ0) is 24.2. The Labute approximate surface area is 198 Å². The van der Waals surface area contributed by atoms with E-state index in [4.69, 9.17) is 4.74 Å². The quantitative estimate of drug-likeness (QED) is 0.324. The second-order valence-corrected chi connectivity index (χ2v) is 8.87. The number of aliphatic hydroxyl groups is 1. The van der Waals surface area contributed by atoms with Gasteiger partial charge in [0.25, 0.3) is 0 Å². The number of nitrogens with one attached hydrogen (secondary N) is 2. The van der Waals surface area contributed by atoms with E-state index in [-0.39, 0.29) is 5.69 Å². The number of hydrogen-bond donors (Lipinski definition) is 3. The highest BCUT2D eigenvalue weighted by Crippen LogP contribution is 2.41. The van der Waals surface area contributed by atoms with Crippen LogP contribution in [-0.2, 0) is 5.60 Å². The molecule has 0 atom stereocenters. The van der Waals surface area contributed by atoms with Gasteiger partial charge < -0.3 is 14.8 Å². The molecule has 6 rings (SSSR count). The topological polar surface area (TPSA) is 117 Å². The van der Waals surface area contributed by atoms with Crippen LogP contribution < -0.4 is 10.5 Å².